The van der Waals surface area contributed by atoms with Gasteiger partial charge in [-0.1, -0.05) is 60.5 Å². The van der Waals surface area contributed by atoms with Crippen LogP contribution in [0.4, 0.5) is 0 Å². The van der Waals surface area contributed by atoms with E-state index >= 15 is 0 Å². The van der Waals surface area contributed by atoms with Gasteiger partial charge in [-0.2, -0.15) is 0 Å². The van der Waals surface area contributed by atoms with Crippen LogP contribution >= 0.6 is 0 Å². The Kier molecular flexibility index (Phi) is 12.6. The molecule has 39 heavy (non-hydrogen) atoms. The van der Waals surface area contributed by atoms with E-state index in [-0.39, 0.29) is 0 Å². The van der Waals surface area contributed by atoms with Crippen molar-refractivity contribution in [3.63, 3.8) is 0 Å². The molecule has 0 aromatic rings. The molecule has 0 heterocycles. The fraction of sp³-hybridized carbons (Fsp3) is 0.917. The van der Waals surface area contributed by atoms with E-state index in [1.165, 1.54) is 77.0 Å². The number of carbonyl (C=O) groups is 1. The minimum Gasteiger partial charge on any atom is -0.381 e. The highest BCUT2D eigenvalue weighted by molar-refractivity contribution is 5.71. The minimum atomic E-state index is 0.546. The number of hydrogen-bond donors (Lipinski definition) is 0. The van der Waals surface area contributed by atoms with E-state index in [1.807, 2.05) is 7.11 Å². The molecule has 0 radical (unpaired) electrons. The van der Waals surface area contributed by atoms with E-state index in [0.717, 1.165) is 67.7 Å². The van der Waals surface area contributed by atoms with Gasteiger partial charge in [0.1, 0.15) is 6.29 Å². The SMILES string of the molecule is C=C(C=O)CCCN(C)CC.COC1CCC2(C)C(CCC3C4CCC(CCCCC(C)C)C4(C)CCC32)C1. The molecule has 8 unspecified atom stereocenters. The summed E-state index contributed by atoms with van der Waals surface area (Å²) in [4.78, 5) is 12.4. The Hall–Kier alpha value is -0.670. The Labute approximate surface area is 243 Å². The molecule has 0 bridgehead atoms. The number of methoxy groups -OCH3 is 1. The second-order valence-corrected chi connectivity index (χ2v) is 15.1. The van der Waals surface area contributed by atoms with Gasteiger partial charge in [-0.3, -0.25) is 4.79 Å². The van der Waals surface area contributed by atoms with Crippen molar-refractivity contribution in [2.24, 2.45) is 46.3 Å². The van der Waals surface area contributed by atoms with Crippen molar-refractivity contribution in [1.82, 2.24) is 4.90 Å². The first-order valence-corrected chi connectivity index (χ1v) is 16.9. The number of ether oxygens (including phenoxy) is 1. The standard InChI is InChI=1S/C27H48O.C9H17NO/c1-19(2)8-6-7-9-20-11-13-24-23-12-10-21-18-22(28-5)14-16-27(21,4)25(23)15-17-26(20,24)3;1-4-10(3)7-5-6-9(2)8-11/h19-25H,6-18H2,1-5H3;8H,2,4-7H2,1,3H3. The van der Waals surface area contributed by atoms with E-state index in [2.05, 4.69) is 53.1 Å². The van der Waals surface area contributed by atoms with Gasteiger partial charge < -0.3 is 9.64 Å². The first kappa shape index (κ1) is 32.8. The average Bonchev–Trinajstić information content (AvgIpc) is 3.26. The molecule has 0 aromatic carbocycles. The van der Waals surface area contributed by atoms with Crippen molar-refractivity contribution < 1.29 is 9.53 Å². The molecule has 3 nitrogen and oxygen atoms in total. The fourth-order valence-electron chi connectivity index (χ4n) is 9.75. The van der Waals surface area contributed by atoms with Crippen LogP contribution < -0.4 is 0 Å². The summed E-state index contributed by atoms with van der Waals surface area (Å²) in [5.41, 5.74) is 2.00. The number of rotatable bonds is 12. The highest BCUT2D eigenvalue weighted by atomic mass is 16.5. The molecule has 226 valence electrons. The summed E-state index contributed by atoms with van der Waals surface area (Å²) in [6.07, 6.45) is 22.4. The number of hydrogen-bond acceptors (Lipinski definition) is 3. The topological polar surface area (TPSA) is 29.5 Å². The van der Waals surface area contributed by atoms with Crippen LogP contribution in [-0.4, -0.2) is 44.5 Å². The van der Waals surface area contributed by atoms with E-state index < -0.39 is 0 Å². The van der Waals surface area contributed by atoms with Crippen molar-refractivity contribution in [3.05, 3.63) is 12.2 Å². The lowest BCUT2D eigenvalue weighted by Crippen LogP contribution is -2.54. The summed E-state index contributed by atoms with van der Waals surface area (Å²) in [5, 5.41) is 0. The number of allylic oxidation sites excluding steroid dienone is 1. The van der Waals surface area contributed by atoms with Gasteiger partial charge in [-0.25, -0.2) is 0 Å². The molecule has 0 saturated heterocycles. The maximum absolute atomic E-state index is 10.1. The molecule has 4 rings (SSSR count). The molecule has 0 N–H and O–H groups in total. The normalized spacial score (nSPS) is 37.5. The first-order chi connectivity index (χ1) is 18.6. The molecule has 3 heteroatoms. The third-order valence-electron chi connectivity index (χ3n) is 12.5. The molecule has 4 aliphatic rings. The van der Waals surface area contributed by atoms with Gasteiger partial charge in [-0.05, 0) is 149 Å². The van der Waals surface area contributed by atoms with E-state index in [9.17, 15) is 4.79 Å². The molecule has 4 saturated carbocycles. The zero-order chi connectivity index (χ0) is 28.6. The molecule has 0 amide bonds. The van der Waals surface area contributed by atoms with Crippen molar-refractivity contribution >= 4 is 6.29 Å². The lowest BCUT2D eigenvalue weighted by Gasteiger charge is -2.61. The maximum Gasteiger partial charge on any atom is 0.145 e. The number of aldehydes is 1. The lowest BCUT2D eigenvalue weighted by atomic mass is 9.44. The number of unbranched alkanes of at least 4 members (excludes halogenated alkanes) is 1. The smallest absolute Gasteiger partial charge is 0.145 e. The molecule has 0 aliphatic heterocycles. The Morgan fingerprint density at radius 3 is 2.38 bits per heavy atom. The third-order valence-corrected chi connectivity index (χ3v) is 12.5. The summed E-state index contributed by atoms with van der Waals surface area (Å²) in [5.74, 6) is 5.94. The Balaban J connectivity index is 0.000000325. The van der Waals surface area contributed by atoms with Crippen LogP contribution in [0, 0.1) is 46.3 Å². The lowest BCUT2D eigenvalue weighted by molar-refractivity contribution is -0.130. The molecule has 8 atom stereocenters. The van der Waals surface area contributed by atoms with Crippen molar-refractivity contribution in [2.45, 2.75) is 137 Å². The first-order valence-electron chi connectivity index (χ1n) is 16.9. The van der Waals surface area contributed by atoms with Gasteiger partial charge in [0.05, 0.1) is 6.10 Å². The highest BCUT2D eigenvalue weighted by Crippen LogP contribution is 2.68. The maximum atomic E-state index is 10.1. The summed E-state index contributed by atoms with van der Waals surface area (Å²) >= 11 is 0. The van der Waals surface area contributed by atoms with E-state index in [4.69, 9.17) is 4.74 Å². The number of fused-ring (bicyclic) bond motifs is 5. The average molecular weight is 544 g/mol. The van der Waals surface area contributed by atoms with E-state index in [0.29, 0.717) is 22.5 Å². The summed E-state index contributed by atoms with van der Waals surface area (Å²) < 4.78 is 5.78. The van der Waals surface area contributed by atoms with Gasteiger partial charge in [-0.15, -0.1) is 0 Å². The Bertz CT molecular complexity index is 763. The van der Waals surface area contributed by atoms with Crippen molar-refractivity contribution in [1.29, 1.82) is 0 Å². The number of nitrogens with zero attached hydrogens (tertiary/aromatic N) is 1. The fourth-order valence-corrected chi connectivity index (χ4v) is 9.75. The molecular formula is C36H65NO2. The van der Waals surface area contributed by atoms with Crippen LogP contribution in [0.2, 0.25) is 0 Å². The molecule has 0 spiro atoms. The number of carbonyl (C=O) groups excluding carboxylic acids is 1. The largest absolute Gasteiger partial charge is 0.381 e. The van der Waals surface area contributed by atoms with Crippen LogP contribution in [-0.2, 0) is 9.53 Å². The predicted octanol–water partition coefficient (Wildman–Crippen LogP) is 9.35. The van der Waals surface area contributed by atoms with Crippen molar-refractivity contribution in [2.75, 3.05) is 27.2 Å². The van der Waals surface area contributed by atoms with Gasteiger partial charge in [0.15, 0.2) is 0 Å². The molecule has 0 aromatic heterocycles. The van der Waals surface area contributed by atoms with Crippen LogP contribution in [0.3, 0.4) is 0 Å². The minimum absolute atomic E-state index is 0.546. The van der Waals surface area contributed by atoms with Gasteiger partial charge >= 0.3 is 0 Å². The summed E-state index contributed by atoms with van der Waals surface area (Å²) in [6, 6.07) is 0. The van der Waals surface area contributed by atoms with Gasteiger partial charge in [0, 0.05) is 7.11 Å². The third kappa shape index (κ3) is 8.00. The van der Waals surface area contributed by atoms with Crippen LogP contribution in [0.1, 0.15) is 131 Å². The van der Waals surface area contributed by atoms with Crippen LogP contribution in [0.15, 0.2) is 12.2 Å². The van der Waals surface area contributed by atoms with Gasteiger partial charge in [0.25, 0.3) is 0 Å². The second-order valence-electron chi connectivity index (χ2n) is 15.1. The molecule has 4 aliphatic carbocycles. The Morgan fingerprint density at radius 2 is 1.72 bits per heavy atom. The quantitative estimate of drug-likeness (QED) is 0.139. The monoisotopic (exact) mass is 544 g/mol. The van der Waals surface area contributed by atoms with Crippen LogP contribution in [0.25, 0.3) is 0 Å². The van der Waals surface area contributed by atoms with Crippen molar-refractivity contribution in [3.8, 4) is 0 Å². The zero-order valence-corrected chi connectivity index (χ0v) is 27.1. The predicted molar refractivity (Wildman–Crippen MR) is 167 cm³/mol. The Morgan fingerprint density at radius 1 is 1.00 bits per heavy atom. The second kappa shape index (κ2) is 15.0. The highest BCUT2D eigenvalue weighted by Gasteiger charge is 2.59. The van der Waals surface area contributed by atoms with Gasteiger partial charge in [0.2, 0.25) is 0 Å². The molecular weight excluding hydrogens is 478 g/mol. The van der Waals surface area contributed by atoms with Crippen LogP contribution in [0.5, 0.6) is 0 Å². The summed E-state index contributed by atoms with van der Waals surface area (Å²) in [7, 11) is 4.01. The zero-order valence-electron chi connectivity index (χ0n) is 27.1. The van der Waals surface area contributed by atoms with E-state index in [1.54, 1.807) is 6.42 Å². The molecule has 4 fully saturated rings. The summed E-state index contributed by atoms with van der Waals surface area (Å²) in [6.45, 7) is 18.0.